The molecule has 1 unspecified atom stereocenters. The van der Waals surface area contributed by atoms with E-state index in [1.165, 1.54) is 11.1 Å². The second-order valence-electron chi connectivity index (χ2n) is 10.2. The van der Waals surface area contributed by atoms with Gasteiger partial charge in [0, 0.05) is 19.6 Å². The van der Waals surface area contributed by atoms with Crippen LogP contribution in [-0.4, -0.2) is 60.4 Å². The van der Waals surface area contributed by atoms with Crippen LogP contribution in [0.1, 0.15) is 82.5 Å². The maximum absolute atomic E-state index is 13.4. The highest BCUT2D eigenvalue weighted by Gasteiger charge is 2.47. The van der Waals surface area contributed by atoms with E-state index >= 15 is 0 Å². The quantitative estimate of drug-likeness (QED) is 0.283. The van der Waals surface area contributed by atoms with Crippen molar-refractivity contribution in [3.63, 3.8) is 0 Å². The van der Waals surface area contributed by atoms with Gasteiger partial charge in [-0.1, -0.05) is 64.1 Å². The van der Waals surface area contributed by atoms with Crippen LogP contribution in [0.25, 0.3) is 0 Å². The summed E-state index contributed by atoms with van der Waals surface area (Å²) in [5.74, 6) is 0.624. The largest absolute Gasteiger partial charge is 0.508 e. The minimum atomic E-state index is -0.174. The molecule has 1 amide bonds. The summed E-state index contributed by atoms with van der Waals surface area (Å²) in [5, 5.41) is 9.92. The third-order valence-corrected chi connectivity index (χ3v) is 7.76. The third kappa shape index (κ3) is 9.16. The zero-order valence-corrected chi connectivity index (χ0v) is 24.5. The lowest BCUT2D eigenvalue weighted by Crippen LogP contribution is -2.45. The van der Waals surface area contributed by atoms with E-state index in [2.05, 4.69) is 53.4 Å². The van der Waals surface area contributed by atoms with Crippen molar-refractivity contribution in [2.75, 3.05) is 32.8 Å². The highest BCUT2D eigenvalue weighted by atomic mass is 16.6. The van der Waals surface area contributed by atoms with E-state index in [0.717, 1.165) is 76.8 Å². The first-order chi connectivity index (χ1) is 19.0. The van der Waals surface area contributed by atoms with Gasteiger partial charge >= 0.3 is 0 Å². The summed E-state index contributed by atoms with van der Waals surface area (Å²) in [7, 11) is 0. The van der Waals surface area contributed by atoms with Gasteiger partial charge in [-0.3, -0.25) is 4.79 Å². The SMILES string of the molecule is C=O.CC.CCCONC(CCN1CCC2(CC1)CCN(Cc1ccc(CC)cc1)C2=O)c1cccc(O)c1. The van der Waals surface area contributed by atoms with Gasteiger partial charge in [0.15, 0.2) is 0 Å². The van der Waals surface area contributed by atoms with Gasteiger partial charge in [-0.25, -0.2) is 0 Å². The summed E-state index contributed by atoms with van der Waals surface area (Å²) in [6, 6.07) is 16.1. The minimum absolute atomic E-state index is 0.0206. The lowest BCUT2D eigenvalue weighted by Gasteiger charge is -2.38. The Morgan fingerprint density at radius 3 is 2.26 bits per heavy atom. The highest BCUT2D eigenvalue weighted by Crippen LogP contribution is 2.42. The van der Waals surface area contributed by atoms with E-state index in [-0.39, 0.29) is 17.2 Å². The van der Waals surface area contributed by atoms with Gasteiger partial charge < -0.3 is 24.5 Å². The van der Waals surface area contributed by atoms with E-state index in [0.29, 0.717) is 12.5 Å². The van der Waals surface area contributed by atoms with Gasteiger partial charge in [0.25, 0.3) is 0 Å². The third-order valence-electron chi connectivity index (χ3n) is 7.76. The molecular formula is C32H49N3O4. The number of amides is 1. The Morgan fingerprint density at radius 2 is 1.64 bits per heavy atom. The Morgan fingerprint density at radius 1 is 1.00 bits per heavy atom. The predicted octanol–water partition coefficient (Wildman–Crippen LogP) is 5.67. The fourth-order valence-corrected chi connectivity index (χ4v) is 5.42. The summed E-state index contributed by atoms with van der Waals surface area (Å²) in [6.45, 7) is 15.3. The van der Waals surface area contributed by atoms with Crippen LogP contribution in [0.2, 0.25) is 0 Å². The maximum Gasteiger partial charge on any atom is 0.229 e. The van der Waals surface area contributed by atoms with Crippen LogP contribution < -0.4 is 5.48 Å². The molecule has 0 aliphatic carbocycles. The van der Waals surface area contributed by atoms with E-state index in [1.807, 2.05) is 32.8 Å². The number of carbonyl (C=O) groups excluding carboxylic acids is 2. The zero-order chi connectivity index (χ0) is 28.7. The van der Waals surface area contributed by atoms with E-state index in [9.17, 15) is 9.90 Å². The molecule has 2 aliphatic rings. The van der Waals surface area contributed by atoms with Gasteiger partial charge in [-0.05, 0) is 80.4 Å². The minimum Gasteiger partial charge on any atom is -0.508 e. The van der Waals surface area contributed by atoms with Crippen LogP contribution in [0.5, 0.6) is 5.75 Å². The highest BCUT2D eigenvalue weighted by molar-refractivity contribution is 5.85. The van der Waals surface area contributed by atoms with Gasteiger partial charge in [0.2, 0.25) is 5.91 Å². The van der Waals surface area contributed by atoms with Crippen LogP contribution in [-0.2, 0) is 27.4 Å². The molecule has 2 saturated heterocycles. The van der Waals surface area contributed by atoms with Crippen molar-refractivity contribution in [2.24, 2.45) is 5.41 Å². The van der Waals surface area contributed by atoms with Crippen molar-refractivity contribution in [3.05, 3.63) is 65.2 Å². The molecule has 0 bridgehead atoms. The Balaban J connectivity index is 0.00000127. The first-order valence-electron chi connectivity index (χ1n) is 14.6. The number of hydrogen-bond donors (Lipinski definition) is 2. The summed E-state index contributed by atoms with van der Waals surface area (Å²) < 4.78 is 0. The molecule has 1 spiro atoms. The molecule has 0 radical (unpaired) electrons. The van der Waals surface area contributed by atoms with Crippen LogP contribution >= 0.6 is 0 Å². The van der Waals surface area contributed by atoms with Crippen molar-refractivity contribution in [3.8, 4) is 5.75 Å². The second kappa shape index (κ2) is 17.1. The molecule has 2 aromatic rings. The molecule has 216 valence electrons. The number of benzene rings is 2. The van der Waals surface area contributed by atoms with Crippen LogP contribution in [0, 0.1) is 5.41 Å². The number of rotatable bonds is 11. The maximum atomic E-state index is 13.4. The first kappa shape index (κ1) is 32.5. The van der Waals surface area contributed by atoms with Gasteiger partial charge in [-0.15, -0.1) is 0 Å². The van der Waals surface area contributed by atoms with Crippen LogP contribution in [0.3, 0.4) is 0 Å². The Labute approximate surface area is 235 Å². The molecule has 2 fully saturated rings. The zero-order valence-electron chi connectivity index (χ0n) is 24.5. The number of aromatic hydroxyl groups is 1. The molecule has 4 rings (SSSR count). The number of carbonyl (C=O) groups is 2. The number of piperidine rings is 1. The second-order valence-corrected chi connectivity index (χ2v) is 10.2. The van der Waals surface area contributed by atoms with E-state index < -0.39 is 0 Å². The van der Waals surface area contributed by atoms with E-state index in [1.54, 1.807) is 12.1 Å². The number of likely N-dealkylation sites (tertiary alicyclic amines) is 2. The summed E-state index contributed by atoms with van der Waals surface area (Å²) in [6.07, 6.45) is 5.72. The van der Waals surface area contributed by atoms with E-state index in [4.69, 9.17) is 9.63 Å². The van der Waals surface area contributed by atoms with Crippen LogP contribution in [0.15, 0.2) is 48.5 Å². The summed E-state index contributed by atoms with van der Waals surface area (Å²) in [4.78, 5) is 31.6. The number of nitrogens with one attached hydrogen (secondary N) is 1. The number of hydroxylamine groups is 1. The molecular weight excluding hydrogens is 490 g/mol. The van der Waals surface area contributed by atoms with Crippen molar-refractivity contribution < 1.29 is 19.5 Å². The molecule has 0 saturated carbocycles. The fraction of sp³-hybridized carbons (Fsp3) is 0.562. The molecule has 2 aromatic carbocycles. The average molecular weight is 540 g/mol. The Bertz CT molecular complexity index is 974. The molecule has 0 aromatic heterocycles. The lowest BCUT2D eigenvalue weighted by molar-refractivity contribution is -0.138. The topological polar surface area (TPSA) is 82.1 Å². The number of phenolic OH excluding ortho intramolecular Hbond substituents is 1. The lowest BCUT2D eigenvalue weighted by atomic mass is 9.77. The van der Waals surface area contributed by atoms with Crippen molar-refractivity contribution in [2.45, 2.75) is 78.8 Å². The average Bonchev–Trinajstić information content (AvgIpc) is 3.28. The number of hydrogen-bond acceptors (Lipinski definition) is 6. The summed E-state index contributed by atoms with van der Waals surface area (Å²) in [5.41, 5.74) is 6.61. The molecule has 7 nitrogen and oxygen atoms in total. The van der Waals surface area contributed by atoms with Crippen molar-refractivity contribution in [1.29, 1.82) is 0 Å². The number of aryl methyl sites for hydroxylation is 1. The van der Waals surface area contributed by atoms with Crippen molar-refractivity contribution in [1.82, 2.24) is 15.3 Å². The molecule has 1 atom stereocenters. The molecule has 2 heterocycles. The van der Waals surface area contributed by atoms with Gasteiger partial charge in [-0.2, -0.15) is 5.48 Å². The Kier molecular flexibility index (Phi) is 14.2. The monoisotopic (exact) mass is 539 g/mol. The van der Waals surface area contributed by atoms with Gasteiger partial charge in [0.05, 0.1) is 18.1 Å². The fourth-order valence-electron chi connectivity index (χ4n) is 5.42. The van der Waals surface area contributed by atoms with Gasteiger partial charge in [0.1, 0.15) is 12.5 Å². The van der Waals surface area contributed by atoms with Crippen molar-refractivity contribution >= 4 is 12.7 Å². The molecule has 2 N–H and O–H groups in total. The molecule has 39 heavy (non-hydrogen) atoms. The normalized spacial score (nSPS) is 17.2. The Hall–Kier alpha value is -2.74. The first-order valence-corrected chi connectivity index (χ1v) is 14.6. The molecule has 2 aliphatic heterocycles. The summed E-state index contributed by atoms with van der Waals surface area (Å²) >= 11 is 0. The molecule has 7 heteroatoms. The smallest absolute Gasteiger partial charge is 0.229 e. The number of phenols is 1. The number of nitrogens with zero attached hydrogens (tertiary/aromatic N) is 2. The van der Waals surface area contributed by atoms with Crippen LogP contribution in [0.4, 0.5) is 0 Å². The predicted molar refractivity (Wildman–Crippen MR) is 157 cm³/mol. The standard InChI is InChI=1S/C29H41N3O3.C2H6.CH2O/c1-3-20-35-30-27(25-6-5-7-26(33)21-25)12-16-31-17-13-29(14-18-31)15-19-32(28(29)34)22-24-10-8-23(4-2)9-11-24;2*1-2/h5-11,21,27,30,33H,3-4,12-20,22H2,1-2H3;1-2H3;1H2.